The molecule has 0 spiro atoms. The van der Waals surface area contributed by atoms with Crippen LogP contribution < -0.4 is 0 Å². The fourth-order valence-electron chi connectivity index (χ4n) is 2.97. The maximum absolute atomic E-state index is 6.43. The van der Waals surface area contributed by atoms with Crippen molar-refractivity contribution in [3.8, 4) is 0 Å². The van der Waals surface area contributed by atoms with E-state index in [0.717, 1.165) is 28.3 Å². The highest BCUT2D eigenvalue weighted by Gasteiger charge is 2.36. The molecule has 3 nitrogen and oxygen atoms in total. The molecule has 3 aromatic rings. The highest BCUT2D eigenvalue weighted by Crippen LogP contribution is 2.47. The second kappa shape index (κ2) is 8.30. The maximum atomic E-state index is 6.43. The number of ether oxygens (including phenoxy) is 1. The van der Waals surface area contributed by atoms with Gasteiger partial charge in [0, 0.05) is 23.6 Å². The van der Waals surface area contributed by atoms with Crippen molar-refractivity contribution in [1.82, 2.24) is 9.29 Å². The van der Waals surface area contributed by atoms with Gasteiger partial charge < -0.3 is 4.74 Å². The van der Waals surface area contributed by atoms with Gasteiger partial charge in [0.1, 0.15) is 11.4 Å². The molecule has 0 aliphatic carbocycles. The molecule has 0 N–H and O–H groups in total. The summed E-state index contributed by atoms with van der Waals surface area (Å²) >= 11 is 1.65. The zero-order chi connectivity index (χ0) is 17.1. The third-order valence-electron chi connectivity index (χ3n) is 4.10. The van der Waals surface area contributed by atoms with Crippen LogP contribution in [-0.4, -0.2) is 15.5 Å². The predicted octanol–water partition coefficient (Wildman–Crippen LogP) is 5.64. The molecule has 1 atom stereocenters. The van der Waals surface area contributed by atoms with E-state index in [0.29, 0.717) is 0 Å². The Bertz CT molecular complexity index is 872. The number of hydrogen-bond donors (Lipinski definition) is 0. The molecule has 5 heteroatoms. The SMILES string of the molecule is CSN1C(c2ccccc2)=C(c2ccccc2)OC1c1ccccn1.Cl. The monoisotopic (exact) mass is 382 g/mol. The second-order valence-corrected chi connectivity index (χ2v) is 6.40. The molecule has 2 aromatic carbocycles. The topological polar surface area (TPSA) is 25.4 Å². The summed E-state index contributed by atoms with van der Waals surface area (Å²) in [5.41, 5.74) is 4.18. The van der Waals surface area contributed by atoms with Crippen molar-refractivity contribution in [2.75, 3.05) is 6.26 Å². The van der Waals surface area contributed by atoms with Crippen molar-refractivity contribution >= 4 is 35.8 Å². The lowest BCUT2D eigenvalue weighted by atomic mass is 10.1. The van der Waals surface area contributed by atoms with Crippen LogP contribution in [0.2, 0.25) is 0 Å². The van der Waals surface area contributed by atoms with Gasteiger partial charge in [-0.25, -0.2) is 0 Å². The number of benzene rings is 2. The molecule has 4 rings (SSSR count). The number of halogens is 1. The number of hydrogen-bond acceptors (Lipinski definition) is 4. The number of rotatable bonds is 4. The number of aromatic nitrogens is 1. The first-order chi connectivity index (χ1) is 12.4. The fourth-order valence-corrected chi connectivity index (χ4v) is 3.68. The summed E-state index contributed by atoms with van der Waals surface area (Å²) in [5, 5.41) is 0. The fraction of sp³-hybridized carbons (Fsp3) is 0.0952. The average Bonchev–Trinajstić information content (AvgIpc) is 3.09. The molecule has 2 heterocycles. The summed E-state index contributed by atoms with van der Waals surface area (Å²) in [4.78, 5) is 4.51. The molecule has 0 saturated heterocycles. The maximum Gasteiger partial charge on any atom is 0.225 e. The van der Waals surface area contributed by atoms with E-state index in [-0.39, 0.29) is 18.6 Å². The molecule has 0 saturated carbocycles. The minimum atomic E-state index is -0.249. The Labute approximate surface area is 164 Å². The summed E-state index contributed by atoms with van der Waals surface area (Å²) < 4.78 is 8.62. The van der Waals surface area contributed by atoms with Gasteiger partial charge in [0.25, 0.3) is 0 Å². The van der Waals surface area contributed by atoms with Crippen molar-refractivity contribution in [3.63, 3.8) is 0 Å². The lowest BCUT2D eigenvalue weighted by molar-refractivity contribution is 0.123. The zero-order valence-corrected chi connectivity index (χ0v) is 15.9. The summed E-state index contributed by atoms with van der Waals surface area (Å²) in [7, 11) is 0. The van der Waals surface area contributed by atoms with Crippen molar-refractivity contribution in [1.29, 1.82) is 0 Å². The highest BCUT2D eigenvalue weighted by atomic mass is 35.5. The van der Waals surface area contributed by atoms with Gasteiger partial charge in [-0.1, -0.05) is 66.7 Å². The second-order valence-electron chi connectivity index (χ2n) is 5.64. The molecule has 132 valence electrons. The van der Waals surface area contributed by atoms with E-state index in [1.54, 1.807) is 18.1 Å². The molecule has 26 heavy (non-hydrogen) atoms. The van der Waals surface area contributed by atoms with Gasteiger partial charge in [0.2, 0.25) is 6.23 Å². The van der Waals surface area contributed by atoms with Crippen LogP contribution in [-0.2, 0) is 4.74 Å². The third-order valence-corrected chi connectivity index (χ3v) is 4.87. The van der Waals surface area contributed by atoms with Gasteiger partial charge in [-0.05, 0) is 24.1 Å². The van der Waals surface area contributed by atoms with Crippen LogP contribution in [0.3, 0.4) is 0 Å². The molecule has 0 radical (unpaired) electrons. The summed E-state index contributed by atoms with van der Waals surface area (Å²) in [6.45, 7) is 0. The molecular formula is C21H19ClN2OS. The first kappa shape index (κ1) is 18.4. The normalized spacial score (nSPS) is 16.2. The van der Waals surface area contributed by atoms with Gasteiger partial charge in [0.05, 0.1) is 0 Å². The smallest absolute Gasteiger partial charge is 0.225 e. The minimum Gasteiger partial charge on any atom is -0.461 e. The molecule has 1 aliphatic heterocycles. The zero-order valence-electron chi connectivity index (χ0n) is 14.3. The quantitative estimate of drug-likeness (QED) is 0.545. The average molecular weight is 383 g/mol. The van der Waals surface area contributed by atoms with Crippen LogP contribution in [0.25, 0.3) is 11.5 Å². The lowest BCUT2D eigenvalue weighted by Crippen LogP contribution is -2.17. The Balaban J connectivity index is 0.00000196. The van der Waals surface area contributed by atoms with Crippen molar-refractivity contribution in [2.45, 2.75) is 6.23 Å². The Hall–Kier alpha value is -2.43. The first-order valence-corrected chi connectivity index (χ1v) is 9.32. The van der Waals surface area contributed by atoms with Crippen molar-refractivity contribution in [2.24, 2.45) is 0 Å². The molecule has 0 bridgehead atoms. The summed E-state index contributed by atoms with van der Waals surface area (Å²) in [6.07, 6.45) is 3.62. The van der Waals surface area contributed by atoms with E-state index in [4.69, 9.17) is 4.74 Å². The van der Waals surface area contributed by atoms with Gasteiger partial charge >= 0.3 is 0 Å². The Morgan fingerprint density at radius 2 is 1.46 bits per heavy atom. The van der Waals surface area contributed by atoms with Gasteiger partial charge in [-0.3, -0.25) is 9.29 Å². The van der Waals surface area contributed by atoms with E-state index >= 15 is 0 Å². The Morgan fingerprint density at radius 1 is 0.846 bits per heavy atom. The number of nitrogens with zero attached hydrogens (tertiary/aromatic N) is 2. The summed E-state index contributed by atoms with van der Waals surface area (Å²) in [5.74, 6) is 0.886. The standard InChI is InChI=1S/C21H18N2OS.ClH/c1-25-23-19(16-10-4-2-5-11-16)20(17-12-6-3-7-13-17)24-21(23)18-14-8-9-15-22-18;/h2-15,21H,1H3;1H. The summed E-state index contributed by atoms with van der Waals surface area (Å²) in [6, 6.07) is 26.5. The molecular weight excluding hydrogens is 364 g/mol. The minimum absolute atomic E-state index is 0. The van der Waals surface area contributed by atoms with Gasteiger partial charge in [-0.15, -0.1) is 12.4 Å². The number of pyridine rings is 1. The lowest BCUT2D eigenvalue weighted by Gasteiger charge is -2.24. The molecule has 0 fully saturated rings. The molecule has 1 unspecified atom stereocenters. The van der Waals surface area contributed by atoms with E-state index < -0.39 is 0 Å². The van der Waals surface area contributed by atoms with Crippen molar-refractivity contribution < 1.29 is 4.74 Å². The van der Waals surface area contributed by atoms with Gasteiger partial charge in [0.15, 0.2) is 5.76 Å². The van der Waals surface area contributed by atoms with E-state index in [9.17, 15) is 0 Å². The largest absolute Gasteiger partial charge is 0.461 e. The predicted molar refractivity (Wildman–Crippen MR) is 110 cm³/mol. The van der Waals surface area contributed by atoms with Crippen LogP contribution >= 0.6 is 24.4 Å². The van der Waals surface area contributed by atoms with Crippen LogP contribution in [0.5, 0.6) is 0 Å². The molecule has 1 aliphatic rings. The van der Waals surface area contributed by atoms with Crippen molar-refractivity contribution in [3.05, 3.63) is 102 Å². The van der Waals surface area contributed by atoms with E-state index in [2.05, 4.69) is 51.9 Å². The first-order valence-electron chi connectivity index (χ1n) is 8.14. The Morgan fingerprint density at radius 3 is 2.04 bits per heavy atom. The van der Waals surface area contributed by atoms with Crippen LogP contribution in [0, 0.1) is 0 Å². The van der Waals surface area contributed by atoms with Crippen LogP contribution in [0.15, 0.2) is 85.1 Å². The Kier molecular flexibility index (Phi) is 5.86. The van der Waals surface area contributed by atoms with Crippen LogP contribution in [0.1, 0.15) is 23.0 Å². The molecule has 1 aromatic heterocycles. The van der Waals surface area contributed by atoms with E-state index in [1.807, 2.05) is 42.5 Å². The van der Waals surface area contributed by atoms with Gasteiger partial charge in [-0.2, -0.15) is 0 Å². The third kappa shape index (κ3) is 3.43. The van der Waals surface area contributed by atoms with E-state index in [1.165, 1.54) is 0 Å². The molecule has 0 amide bonds. The highest BCUT2D eigenvalue weighted by molar-refractivity contribution is 7.96. The van der Waals surface area contributed by atoms with Crippen LogP contribution in [0.4, 0.5) is 0 Å².